The van der Waals surface area contributed by atoms with Crippen molar-refractivity contribution in [3.05, 3.63) is 33.8 Å². The van der Waals surface area contributed by atoms with Crippen LogP contribution in [0.4, 0.5) is 0 Å². The van der Waals surface area contributed by atoms with Gasteiger partial charge in [-0.25, -0.2) is 0 Å². The van der Waals surface area contributed by atoms with Crippen LogP contribution < -0.4 is 0 Å². The molecule has 13 heavy (non-hydrogen) atoms. The van der Waals surface area contributed by atoms with E-state index in [0.29, 0.717) is 22.9 Å². The molecule has 0 unspecified atom stereocenters. The highest BCUT2D eigenvalue weighted by molar-refractivity contribution is 7.96. The smallest absolute Gasteiger partial charge is 0.186 e. The number of hydrogen-bond acceptors (Lipinski definition) is 1. The number of aryl methyl sites for hydroxylation is 1. The van der Waals surface area contributed by atoms with Gasteiger partial charge in [0.1, 0.15) is 0 Å². The number of hydrogen-bond donors (Lipinski definition) is 1. The quantitative estimate of drug-likeness (QED) is 0.794. The number of benzene rings is 1. The summed E-state index contributed by atoms with van der Waals surface area (Å²) in [6.07, 6.45) is 1.00. The molecule has 0 atom stereocenters. The molecule has 0 spiro atoms. The maximum Gasteiger partial charge on any atom is 0.186 e. The van der Waals surface area contributed by atoms with E-state index in [1.54, 1.807) is 12.1 Å². The summed E-state index contributed by atoms with van der Waals surface area (Å²) in [6.45, 7) is 0. The molecule has 0 saturated carbocycles. The van der Waals surface area contributed by atoms with Crippen molar-refractivity contribution in [2.75, 3.05) is 0 Å². The third kappa shape index (κ3) is 3.59. The van der Waals surface area contributed by atoms with Gasteiger partial charge in [0.05, 0.1) is 0 Å². The Morgan fingerprint density at radius 1 is 1.38 bits per heavy atom. The van der Waals surface area contributed by atoms with E-state index >= 15 is 0 Å². The first-order chi connectivity index (χ1) is 6.09. The van der Waals surface area contributed by atoms with E-state index in [1.165, 1.54) is 0 Å². The summed E-state index contributed by atoms with van der Waals surface area (Å²) in [5.41, 5.74) is 0.925. The summed E-state index contributed by atoms with van der Waals surface area (Å²) in [4.78, 5) is 10.6. The first-order valence-electron chi connectivity index (χ1n) is 3.75. The number of rotatable bonds is 3. The molecule has 1 rings (SSSR count). The maximum atomic E-state index is 10.6. The van der Waals surface area contributed by atoms with Gasteiger partial charge in [0.2, 0.25) is 0 Å². The number of carbonyl (C=O) groups excluding carboxylic acids is 1. The van der Waals surface area contributed by atoms with Gasteiger partial charge in [-0.15, -0.1) is 12.6 Å². The van der Waals surface area contributed by atoms with Gasteiger partial charge in [-0.2, -0.15) is 0 Å². The molecule has 4 heteroatoms. The van der Waals surface area contributed by atoms with Crippen molar-refractivity contribution in [1.29, 1.82) is 0 Å². The lowest BCUT2D eigenvalue weighted by molar-refractivity contribution is -0.110. The van der Waals surface area contributed by atoms with Crippen LogP contribution in [-0.4, -0.2) is 5.12 Å². The summed E-state index contributed by atoms with van der Waals surface area (Å²) in [5, 5.41) is 1.07. The Balaban J connectivity index is 2.72. The van der Waals surface area contributed by atoms with E-state index in [4.69, 9.17) is 23.2 Å². The highest BCUT2D eigenvalue weighted by atomic mass is 35.5. The van der Waals surface area contributed by atoms with Crippen LogP contribution in [0.5, 0.6) is 0 Å². The fourth-order valence-electron chi connectivity index (χ4n) is 0.966. The normalized spacial score (nSPS) is 10.1. The second-order valence-corrected chi connectivity index (χ2v) is 3.97. The van der Waals surface area contributed by atoms with E-state index in [1.807, 2.05) is 6.07 Å². The molecule has 0 amide bonds. The number of thiol groups is 1. The molecule has 70 valence electrons. The predicted molar refractivity (Wildman–Crippen MR) is 58.8 cm³/mol. The van der Waals surface area contributed by atoms with E-state index in [-0.39, 0.29) is 5.12 Å². The summed E-state index contributed by atoms with van der Waals surface area (Å²) >= 11 is 15.3. The molecule has 0 aromatic heterocycles. The first kappa shape index (κ1) is 10.9. The molecule has 0 N–H and O–H groups in total. The van der Waals surface area contributed by atoms with Gasteiger partial charge in [0.25, 0.3) is 0 Å². The molecular weight excluding hydrogens is 227 g/mol. The van der Waals surface area contributed by atoms with E-state index in [0.717, 1.165) is 5.56 Å². The number of halogens is 2. The largest absolute Gasteiger partial charge is 0.287 e. The molecule has 1 aromatic carbocycles. The predicted octanol–water partition coefficient (Wildman–Crippen LogP) is 3.38. The molecular formula is C9H8Cl2OS. The van der Waals surface area contributed by atoms with Crippen molar-refractivity contribution >= 4 is 40.9 Å². The van der Waals surface area contributed by atoms with Crippen LogP contribution >= 0.6 is 35.8 Å². The van der Waals surface area contributed by atoms with Crippen LogP contribution in [0.2, 0.25) is 10.0 Å². The summed E-state index contributed by atoms with van der Waals surface area (Å²) < 4.78 is 0. The van der Waals surface area contributed by atoms with Crippen molar-refractivity contribution < 1.29 is 4.79 Å². The summed E-state index contributed by atoms with van der Waals surface area (Å²) in [5.74, 6) is 0. The fraction of sp³-hybridized carbons (Fsp3) is 0.222. The lowest BCUT2D eigenvalue weighted by Crippen LogP contribution is -1.92. The molecule has 0 bridgehead atoms. The molecule has 0 saturated heterocycles. The van der Waals surface area contributed by atoms with Crippen molar-refractivity contribution in [1.82, 2.24) is 0 Å². The molecule has 0 fully saturated rings. The second kappa shape index (κ2) is 4.89. The highest BCUT2D eigenvalue weighted by Crippen LogP contribution is 2.22. The van der Waals surface area contributed by atoms with Crippen molar-refractivity contribution in [2.45, 2.75) is 12.8 Å². The molecule has 1 aromatic rings. The van der Waals surface area contributed by atoms with Crippen LogP contribution in [0.3, 0.4) is 0 Å². The monoisotopic (exact) mass is 234 g/mol. The third-order valence-electron chi connectivity index (χ3n) is 1.62. The van der Waals surface area contributed by atoms with Crippen LogP contribution in [0.25, 0.3) is 0 Å². The number of carbonyl (C=O) groups is 1. The van der Waals surface area contributed by atoms with Gasteiger partial charge in [-0.3, -0.25) is 4.79 Å². The fourth-order valence-corrected chi connectivity index (χ4v) is 1.58. The standard InChI is InChI=1S/C9H8Cl2OS/c10-7-3-1-6(8(11)5-7)2-4-9(12)13/h1,3,5H,2,4H2,(H,12,13). The Kier molecular flexibility index (Phi) is 4.10. The van der Waals surface area contributed by atoms with Gasteiger partial charge < -0.3 is 0 Å². The Morgan fingerprint density at radius 3 is 2.62 bits per heavy atom. The molecule has 1 nitrogen and oxygen atoms in total. The van der Waals surface area contributed by atoms with Gasteiger partial charge >= 0.3 is 0 Å². The molecule has 0 heterocycles. The van der Waals surface area contributed by atoms with E-state index < -0.39 is 0 Å². The maximum absolute atomic E-state index is 10.6. The Bertz CT molecular complexity index is 325. The Labute approximate surface area is 92.4 Å². The van der Waals surface area contributed by atoms with Crippen LogP contribution in [-0.2, 0) is 11.2 Å². The van der Waals surface area contributed by atoms with Gasteiger partial charge in [0, 0.05) is 16.5 Å². The van der Waals surface area contributed by atoms with E-state index in [2.05, 4.69) is 12.6 Å². The Morgan fingerprint density at radius 2 is 2.08 bits per heavy atom. The van der Waals surface area contributed by atoms with Gasteiger partial charge in [0.15, 0.2) is 5.12 Å². The molecule has 0 radical (unpaired) electrons. The Hall–Kier alpha value is -0.180. The van der Waals surface area contributed by atoms with Crippen molar-refractivity contribution in [2.24, 2.45) is 0 Å². The zero-order valence-electron chi connectivity index (χ0n) is 6.76. The summed E-state index contributed by atoms with van der Waals surface area (Å²) in [7, 11) is 0. The van der Waals surface area contributed by atoms with Crippen LogP contribution in [0.1, 0.15) is 12.0 Å². The lowest BCUT2D eigenvalue weighted by atomic mass is 10.1. The van der Waals surface area contributed by atoms with Gasteiger partial charge in [-0.05, 0) is 24.1 Å². The minimum Gasteiger partial charge on any atom is -0.287 e. The molecule has 0 aliphatic heterocycles. The van der Waals surface area contributed by atoms with Crippen molar-refractivity contribution in [3.63, 3.8) is 0 Å². The van der Waals surface area contributed by atoms with Crippen molar-refractivity contribution in [3.8, 4) is 0 Å². The lowest BCUT2D eigenvalue weighted by Gasteiger charge is -2.02. The van der Waals surface area contributed by atoms with E-state index in [9.17, 15) is 4.79 Å². The average Bonchev–Trinajstić information content (AvgIpc) is 2.02. The molecule has 0 aliphatic carbocycles. The first-order valence-corrected chi connectivity index (χ1v) is 4.95. The minimum absolute atomic E-state index is 0.133. The van der Waals surface area contributed by atoms with Crippen LogP contribution in [0.15, 0.2) is 18.2 Å². The van der Waals surface area contributed by atoms with Crippen LogP contribution in [0, 0.1) is 0 Å². The molecule has 0 aliphatic rings. The second-order valence-electron chi connectivity index (χ2n) is 2.63. The third-order valence-corrected chi connectivity index (χ3v) is 2.43. The average molecular weight is 235 g/mol. The minimum atomic E-state index is -0.133. The highest BCUT2D eigenvalue weighted by Gasteiger charge is 2.02. The SMILES string of the molecule is O=C(S)CCc1ccc(Cl)cc1Cl. The zero-order valence-corrected chi connectivity index (χ0v) is 9.16. The zero-order chi connectivity index (χ0) is 9.84. The summed E-state index contributed by atoms with van der Waals surface area (Å²) in [6, 6.07) is 5.24. The topological polar surface area (TPSA) is 17.1 Å². The van der Waals surface area contributed by atoms with Gasteiger partial charge in [-0.1, -0.05) is 29.3 Å².